The zero-order valence-electron chi connectivity index (χ0n) is 23.2. The summed E-state index contributed by atoms with van der Waals surface area (Å²) in [6.07, 6.45) is 5.81. The van der Waals surface area contributed by atoms with E-state index >= 15 is 0 Å². The van der Waals surface area contributed by atoms with Crippen LogP contribution in [0.1, 0.15) is 25.5 Å². The molecule has 216 valence electrons. The van der Waals surface area contributed by atoms with Gasteiger partial charge in [-0.25, -0.2) is 26.9 Å². The number of aromatic nitrogens is 5. The van der Waals surface area contributed by atoms with Crippen molar-refractivity contribution in [2.24, 2.45) is 5.92 Å². The number of nitrogens with zero attached hydrogens (tertiary/aromatic N) is 6. The minimum absolute atomic E-state index is 0.000346. The summed E-state index contributed by atoms with van der Waals surface area (Å²) in [6, 6.07) is 6.98. The van der Waals surface area contributed by atoms with E-state index in [0.717, 1.165) is 27.8 Å². The molecule has 2 atom stereocenters. The topological polar surface area (TPSA) is 115 Å². The fraction of sp³-hybridized carbons (Fsp3) is 0.429. The Morgan fingerprint density at radius 3 is 2.63 bits per heavy atom. The van der Waals surface area contributed by atoms with Crippen LogP contribution in [0.5, 0.6) is 5.75 Å². The number of alkyl halides is 2. The number of halogens is 2. The highest BCUT2D eigenvalue weighted by Crippen LogP contribution is 2.40. The lowest BCUT2D eigenvalue weighted by atomic mass is 9.88. The predicted octanol–water partition coefficient (Wildman–Crippen LogP) is 4.27. The maximum atomic E-state index is 13.6. The number of aryl methyl sites for hydroxylation is 1. The molecule has 0 bridgehead atoms. The van der Waals surface area contributed by atoms with Crippen molar-refractivity contribution < 1.29 is 21.9 Å². The van der Waals surface area contributed by atoms with Crippen molar-refractivity contribution in [2.45, 2.75) is 44.7 Å². The summed E-state index contributed by atoms with van der Waals surface area (Å²) in [5, 5.41) is 8.63. The zero-order valence-corrected chi connectivity index (χ0v) is 24.0. The molecule has 0 amide bonds. The van der Waals surface area contributed by atoms with E-state index in [1.54, 1.807) is 36.4 Å². The van der Waals surface area contributed by atoms with Crippen molar-refractivity contribution in [3.63, 3.8) is 0 Å². The molecule has 0 aromatic carbocycles. The van der Waals surface area contributed by atoms with Crippen LogP contribution in [0, 0.1) is 12.8 Å². The molecule has 1 aliphatic heterocycles. The first-order valence-electron chi connectivity index (χ1n) is 13.4. The molecule has 13 heteroatoms. The lowest BCUT2D eigenvalue weighted by Gasteiger charge is -2.48. The van der Waals surface area contributed by atoms with Crippen LogP contribution >= 0.6 is 0 Å². The Kier molecular flexibility index (Phi) is 6.59. The molecular weight excluding hydrogens is 552 g/mol. The molecule has 4 aromatic heterocycles. The SMILES string of the molecule is COc1ccncc1-c1cc2c(cnn2-c2cc(N3C[C@H](CS(C)(=O)=O)[C@H]3C)cc(NC3CC(F)(F)C3)n2)c(C)n1. The average molecular weight is 584 g/mol. The second-order valence-electron chi connectivity index (χ2n) is 11.1. The third-order valence-electron chi connectivity index (χ3n) is 7.94. The van der Waals surface area contributed by atoms with Crippen molar-refractivity contribution in [1.82, 2.24) is 24.7 Å². The Hall–Kier alpha value is -3.87. The Balaban J connectivity index is 1.41. The lowest BCUT2D eigenvalue weighted by Crippen LogP contribution is -2.57. The lowest BCUT2D eigenvalue weighted by molar-refractivity contribution is -0.0794. The molecule has 1 aliphatic carbocycles. The van der Waals surface area contributed by atoms with E-state index in [1.165, 1.54) is 6.26 Å². The minimum Gasteiger partial charge on any atom is -0.496 e. The van der Waals surface area contributed by atoms with Gasteiger partial charge in [0.1, 0.15) is 21.4 Å². The Labute approximate surface area is 236 Å². The van der Waals surface area contributed by atoms with Crippen LogP contribution in [-0.2, 0) is 9.84 Å². The van der Waals surface area contributed by atoms with E-state index in [9.17, 15) is 17.2 Å². The standard InChI is InChI=1S/C28H31F2N7O3S/c1-16-21-13-32-37(24(21)9-23(33-16)22-12-31-6-5-25(22)40-3)27-8-20(36-14-18(17(36)2)15-41(4,38)39)7-26(35-27)34-19-10-28(29,30)11-19/h5-9,12-13,17-19H,10-11,14-15H2,1-4H3,(H,34,35)/t17-,18-/m1/s1. The van der Waals surface area contributed by atoms with Crippen molar-refractivity contribution >= 4 is 32.2 Å². The molecule has 1 saturated heterocycles. The van der Waals surface area contributed by atoms with E-state index in [0.29, 0.717) is 29.6 Å². The Morgan fingerprint density at radius 1 is 1.17 bits per heavy atom. The van der Waals surface area contributed by atoms with Crippen LogP contribution in [-0.4, -0.2) is 76.8 Å². The molecular formula is C28H31F2N7O3S. The molecule has 6 rings (SSSR count). The monoisotopic (exact) mass is 583 g/mol. The Morgan fingerprint density at radius 2 is 1.95 bits per heavy atom. The van der Waals surface area contributed by atoms with E-state index in [2.05, 4.69) is 20.3 Å². The number of ether oxygens (including phenoxy) is 1. The second-order valence-corrected chi connectivity index (χ2v) is 13.3. The Bertz CT molecular complexity index is 1740. The molecule has 2 aliphatic rings. The number of sulfone groups is 1. The maximum absolute atomic E-state index is 13.6. The molecule has 0 spiro atoms. The van der Waals surface area contributed by atoms with Crippen LogP contribution in [0.25, 0.3) is 28.0 Å². The third kappa shape index (κ3) is 5.30. The number of anilines is 2. The van der Waals surface area contributed by atoms with Crippen molar-refractivity contribution in [1.29, 1.82) is 0 Å². The van der Waals surface area contributed by atoms with Crippen LogP contribution < -0.4 is 15.0 Å². The van der Waals surface area contributed by atoms with E-state index in [-0.39, 0.29) is 30.6 Å². The number of pyridine rings is 3. The molecule has 5 heterocycles. The summed E-state index contributed by atoms with van der Waals surface area (Å²) >= 11 is 0. The van der Waals surface area contributed by atoms with Gasteiger partial charge in [-0.15, -0.1) is 0 Å². The van der Waals surface area contributed by atoms with Gasteiger partial charge in [0, 0.05) is 84.9 Å². The van der Waals surface area contributed by atoms with E-state index in [1.807, 2.05) is 32.0 Å². The highest BCUT2D eigenvalue weighted by atomic mass is 32.2. The van der Waals surface area contributed by atoms with Gasteiger partial charge in [-0.2, -0.15) is 5.10 Å². The van der Waals surface area contributed by atoms with Gasteiger partial charge in [0.25, 0.3) is 5.92 Å². The smallest absolute Gasteiger partial charge is 0.252 e. The van der Waals surface area contributed by atoms with E-state index < -0.39 is 21.8 Å². The van der Waals surface area contributed by atoms with E-state index in [4.69, 9.17) is 14.7 Å². The first-order chi connectivity index (χ1) is 19.4. The number of methoxy groups -OCH3 is 1. The third-order valence-corrected chi connectivity index (χ3v) is 8.98. The van der Waals surface area contributed by atoms with Gasteiger partial charge in [-0.3, -0.25) is 9.97 Å². The quantitative estimate of drug-likeness (QED) is 0.325. The number of rotatable bonds is 8. The molecule has 41 heavy (non-hydrogen) atoms. The van der Waals surface area contributed by atoms with Crippen LogP contribution in [0.2, 0.25) is 0 Å². The fourth-order valence-corrected chi connectivity index (χ4v) is 6.84. The maximum Gasteiger partial charge on any atom is 0.252 e. The number of hydrogen-bond donors (Lipinski definition) is 1. The summed E-state index contributed by atoms with van der Waals surface area (Å²) in [4.78, 5) is 15.9. The van der Waals surface area contributed by atoms with Gasteiger partial charge in [-0.05, 0) is 26.0 Å². The van der Waals surface area contributed by atoms with Crippen molar-refractivity contribution in [3.05, 3.63) is 48.5 Å². The molecule has 0 unspecified atom stereocenters. The average Bonchev–Trinajstić information content (AvgIpc) is 3.33. The zero-order chi connectivity index (χ0) is 29.1. The molecule has 0 radical (unpaired) electrons. The summed E-state index contributed by atoms with van der Waals surface area (Å²) in [5.74, 6) is -0.965. The summed E-state index contributed by atoms with van der Waals surface area (Å²) < 4.78 is 58.2. The molecule has 2 fully saturated rings. The first-order valence-corrected chi connectivity index (χ1v) is 15.4. The first kappa shape index (κ1) is 27.3. The normalized spacial score (nSPS) is 20.5. The number of fused-ring (bicyclic) bond motifs is 1. The number of nitrogens with one attached hydrogen (secondary N) is 1. The largest absolute Gasteiger partial charge is 0.496 e. The predicted molar refractivity (Wildman–Crippen MR) is 153 cm³/mol. The molecule has 4 aromatic rings. The van der Waals surface area contributed by atoms with Crippen LogP contribution in [0.3, 0.4) is 0 Å². The van der Waals surface area contributed by atoms with Gasteiger partial charge < -0.3 is 15.0 Å². The van der Waals surface area contributed by atoms with Crippen LogP contribution in [0.4, 0.5) is 20.3 Å². The summed E-state index contributed by atoms with van der Waals surface area (Å²) in [7, 11) is -1.52. The minimum atomic E-state index is -3.11. The number of hydrogen-bond acceptors (Lipinski definition) is 9. The van der Waals surface area contributed by atoms with Gasteiger partial charge in [0.05, 0.1) is 35.8 Å². The summed E-state index contributed by atoms with van der Waals surface area (Å²) in [5.41, 5.74) is 3.72. The molecule has 1 N–H and O–H groups in total. The van der Waals surface area contributed by atoms with Gasteiger partial charge in [0.15, 0.2) is 5.82 Å². The highest BCUT2D eigenvalue weighted by molar-refractivity contribution is 7.90. The molecule has 1 saturated carbocycles. The fourth-order valence-electron chi connectivity index (χ4n) is 5.68. The van der Waals surface area contributed by atoms with Gasteiger partial charge in [-0.1, -0.05) is 0 Å². The van der Waals surface area contributed by atoms with Gasteiger partial charge in [0.2, 0.25) is 0 Å². The van der Waals surface area contributed by atoms with Crippen LogP contribution in [0.15, 0.2) is 42.9 Å². The van der Waals surface area contributed by atoms with Gasteiger partial charge >= 0.3 is 0 Å². The second kappa shape index (κ2) is 9.89. The van der Waals surface area contributed by atoms with Crippen molar-refractivity contribution in [3.8, 4) is 22.8 Å². The molecule has 10 nitrogen and oxygen atoms in total. The van der Waals surface area contributed by atoms with Crippen molar-refractivity contribution in [2.75, 3.05) is 35.9 Å². The summed E-state index contributed by atoms with van der Waals surface area (Å²) in [6.45, 7) is 4.45. The highest BCUT2D eigenvalue weighted by Gasteiger charge is 2.45.